The lowest BCUT2D eigenvalue weighted by Gasteiger charge is -2.37. The quantitative estimate of drug-likeness (QED) is 0.677. The summed E-state index contributed by atoms with van der Waals surface area (Å²) in [6.07, 6.45) is 13.2. The fourth-order valence-corrected chi connectivity index (χ4v) is 6.55. The predicted octanol–water partition coefficient (Wildman–Crippen LogP) is 4.04. The molecule has 1 N–H and O–H groups in total. The van der Waals surface area contributed by atoms with Crippen molar-refractivity contribution in [3.8, 4) is 0 Å². The lowest BCUT2D eigenvalue weighted by molar-refractivity contribution is -0.116. The molecule has 1 aliphatic carbocycles. The number of carbonyl (C=O) groups excluding carboxylic acids is 1. The fourth-order valence-electron chi connectivity index (χ4n) is 6.55. The van der Waals surface area contributed by atoms with Gasteiger partial charge >= 0.3 is 0 Å². The average Bonchev–Trinajstić information content (AvgIpc) is 3.51. The Kier molecular flexibility index (Phi) is 6.03. The predicted molar refractivity (Wildman–Crippen MR) is 137 cm³/mol. The van der Waals surface area contributed by atoms with Gasteiger partial charge in [0.15, 0.2) is 0 Å². The minimum Gasteiger partial charge on any atom is -0.356 e. The Hall–Kier alpha value is -2.48. The Morgan fingerprint density at radius 2 is 1.83 bits per heavy atom. The van der Waals surface area contributed by atoms with Gasteiger partial charge in [0.05, 0.1) is 5.69 Å². The number of carbonyl (C=O) groups is 1. The summed E-state index contributed by atoms with van der Waals surface area (Å²) in [5, 5.41) is 2.94. The van der Waals surface area contributed by atoms with E-state index in [2.05, 4.69) is 49.7 Å². The largest absolute Gasteiger partial charge is 0.356 e. The Balaban J connectivity index is 1.20. The highest BCUT2D eigenvalue weighted by atomic mass is 16.1. The van der Waals surface area contributed by atoms with Crippen molar-refractivity contribution in [2.45, 2.75) is 89.0 Å². The molecule has 35 heavy (non-hydrogen) atoms. The normalized spacial score (nSPS) is 24.8. The van der Waals surface area contributed by atoms with Gasteiger partial charge in [0.2, 0.25) is 5.91 Å². The first-order valence-corrected chi connectivity index (χ1v) is 13.7. The molecule has 8 heteroatoms. The zero-order valence-corrected chi connectivity index (χ0v) is 21.3. The number of nitrogens with one attached hydrogen (secondary N) is 1. The fraction of sp³-hybridized carbons (Fsp3) is 0.704. The number of amides is 1. The zero-order chi connectivity index (χ0) is 24.0. The van der Waals surface area contributed by atoms with Gasteiger partial charge < -0.3 is 19.7 Å². The third-order valence-electron chi connectivity index (χ3n) is 9.00. The van der Waals surface area contributed by atoms with Crippen LogP contribution in [0.25, 0.3) is 0 Å². The zero-order valence-electron chi connectivity index (χ0n) is 21.3. The van der Waals surface area contributed by atoms with Gasteiger partial charge in [0.25, 0.3) is 0 Å². The van der Waals surface area contributed by atoms with Crippen molar-refractivity contribution in [1.29, 1.82) is 0 Å². The van der Waals surface area contributed by atoms with E-state index in [1.54, 1.807) is 6.33 Å². The summed E-state index contributed by atoms with van der Waals surface area (Å²) < 4.78 is 2.50. The molecule has 4 aliphatic rings. The number of likely N-dealkylation sites (tertiary alicyclic amines) is 1. The molecule has 6 rings (SSSR count). The van der Waals surface area contributed by atoms with Crippen LogP contribution in [0.4, 0.5) is 11.6 Å². The minimum atomic E-state index is 0.0464. The maximum Gasteiger partial charge on any atom is 0.226 e. The number of nitrogens with zero attached hydrogens (tertiary/aromatic N) is 6. The Morgan fingerprint density at radius 3 is 2.54 bits per heavy atom. The molecular formula is C27H39N7O. The summed E-state index contributed by atoms with van der Waals surface area (Å²) in [5.41, 5.74) is 2.68. The van der Waals surface area contributed by atoms with E-state index in [4.69, 9.17) is 4.98 Å². The van der Waals surface area contributed by atoms with Crippen LogP contribution >= 0.6 is 0 Å². The van der Waals surface area contributed by atoms with Crippen LogP contribution in [0.15, 0.2) is 12.5 Å². The Morgan fingerprint density at radius 1 is 1.06 bits per heavy atom. The van der Waals surface area contributed by atoms with Crippen molar-refractivity contribution in [3.63, 3.8) is 0 Å². The number of anilines is 2. The molecule has 0 bridgehead atoms. The molecule has 5 heterocycles. The molecule has 2 aromatic heterocycles. The second-order valence-electron chi connectivity index (χ2n) is 11.5. The van der Waals surface area contributed by atoms with Gasteiger partial charge in [0, 0.05) is 55.7 Å². The molecule has 2 saturated heterocycles. The highest BCUT2D eigenvalue weighted by molar-refractivity contribution is 5.94. The van der Waals surface area contributed by atoms with E-state index >= 15 is 0 Å². The van der Waals surface area contributed by atoms with Crippen LogP contribution in [0, 0.1) is 0 Å². The van der Waals surface area contributed by atoms with Gasteiger partial charge in [-0.05, 0) is 57.5 Å². The molecule has 2 aromatic rings. The van der Waals surface area contributed by atoms with Gasteiger partial charge in [-0.15, -0.1) is 0 Å². The summed E-state index contributed by atoms with van der Waals surface area (Å²) in [5.74, 6) is 3.67. The van der Waals surface area contributed by atoms with Crippen molar-refractivity contribution < 1.29 is 4.79 Å². The molecule has 0 radical (unpaired) electrons. The average molecular weight is 478 g/mol. The number of rotatable bonds is 6. The van der Waals surface area contributed by atoms with Crippen LogP contribution in [-0.4, -0.2) is 63.0 Å². The number of imidazole rings is 1. The Bertz CT molecular complexity index is 1080. The first kappa shape index (κ1) is 23.0. The van der Waals surface area contributed by atoms with E-state index in [1.807, 2.05) is 0 Å². The van der Waals surface area contributed by atoms with Crippen LogP contribution in [0.5, 0.6) is 0 Å². The molecule has 188 valence electrons. The highest BCUT2D eigenvalue weighted by Crippen LogP contribution is 2.44. The van der Waals surface area contributed by atoms with Crippen molar-refractivity contribution in [2.75, 3.05) is 42.9 Å². The third-order valence-corrected chi connectivity index (χ3v) is 9.00. The van der Waals surface area contributed by atoms with E-state index in [1.165, 1.54) is 56.7 Å². The number of aromatic nitrogens is 4. The van der Waals surface area contributed by atoms with E-state index < -0.39 is 0 Å². The molecule has 3 aliphatic heterocycles. The van der Waals surface area contributed by atoms with Crippen molar-refractivity contribution in [3.05, 3.63) is 29.6 Å². The number of hydrogen-bond donors (Lipinski definition) is 1. The molecule has 3 fully saturated rings. The molecule has 1 saturated carbocycles. The second kappa shape index (κ2) is 9.19. The van der Waals surface area contributed by atoms with E-state index in [0.29, 0.717) is 18.2 Å². The molecule has 0 spiro atoms. The summed E-state index contributed by atoms with van der Waals surface area (Å²) in [6, 6.07) is 0. The van der Waals surface area contributed by atoms with Gasteiger partial charge in [0.1, 0.15) is 23.8 Å². The monoisotopic (exact) mass is 477 g/mol. The van der Waals surface area contributed by atoms with Crippen molar-refractivity contribution >= 4 is 17.5 Å². The standard InChI is InChI=1S/C27H39N7O/c1-19-16-22(35)31-24-23(19)26(29-18-28-24)33-12-6-20(7-13-33)25-30-21(27(2)8-5-9-27)17-34(25)15-14-32-10-3-4-11-32/h17-20H,3-16H2,1-2H3,(H,28,29,31,35). The van der Waals surface area contributed by atoms with Crippen molar-refractivity contribution in [2.24, 2.45) is 0 Å². The van der Waals surface area contributed by atoms with Gasteiger partial charge in [-0.25, -0.2) is 15.0 Å². The second-order valence-corrected chi connectivity index (χ2v) is 11.5. The maximum atomic E-state index is 12.0. The molecule has 1 atom stereocenters. The van der Waals surface area contributed by atoms with E-state index in [9.17, 15) is 4.79 Å². The minimum absolute atomic E-state index is 0.0464. The van der Waals surface area contributed by atoms with Crippen LogP contribution in [0.3, 0.4) is 0 Å². The molecule has 1 amide bonds. The molecular weight excluding hydrogens is 438 g/mol. The Labute approximate surface area is 208 Å². The number of piperidine rings is 1. The van der Waals surface area contributed by atoms with E-state index in [0.717, 1.165) is 50.4 Å². The van der Waals surface area contributed by atoms with Gasteiger partial charge in [-0.2, -0.15) is 0 Å². The smallest absolute Gasteiger partial charge is 0.226 e. The molecule has 0 aromatic carbocycles. The molecule has 1 unspecified atom stereocenters. The topological polar surface area (TPSA) is 79.2 Å². The van der Waals surface area contributed by atoms with Crippen LogP contribution in [-0.2, 0) is 16.8 Å². The lowest BCUT2D eigenvalue weighted by Crippen LogP contribution is -2.36. The lowest BCUT2D eigenvalue weighted by atomic mass is 9.68. The first-order chi connectivity index (χ1) is 17.0. The number of fused-ring (bicyclic) bond motifs is 1. The van der Waals surface area contributed by atoms with Crippen LogP contribution < -0.4 is 10.2 Å². The first-order valence-electron chi connectivity index (χ1n) is 13.7. The summed E-state index contributed by atoms with van der Waals surface area (Å²) in [6.45, 7) is 11.1. The van der Waals surface area contributed by atoms with Crippen LogP contribution in [0.2, 0.25) is 0 Å². The summed E-state index contributed by atoms with van der Waals surface area (Å²) in [4.78, 5) is 31.3. The third kappa shape index (κ3) is 4.34. The van der Waals surface area contributed by atoms with Gasteiger partial charge in [-0.1, -0.05) is 20.3 Å². The molecule has 8 nitrogen and oxygen atoms in total. The van der Waals surface area contributed by atoms with E-state index in [-0.39, 0.29) is 17.2 Å². The maximum absolute atomic E-state index is 12.0. The van der Waals surface area contributed by atoms with Crippen molar-refractivity contribution in [1.82, 2.24) is 24.4 Å². The summed E-state index contributed by atoms with van der Waals surface area (Å²) >= 11 is 0. The highest BCUT2D eigenvalue weighted by Gasteiger charge is 2.38. The van der Waals surface area contributed by atoms with Gasteiger partial charge in [-0.3, -0.25) is 4.79 Å². The van der Waals surface area contributed by atoms with Crippen LogP contribution in [0.1, 0.15) is 94.1 Å². The SMILES string of the molecule is CC1CC(=O)Nc2ncnc(N3CCC(c4nc(C5(C)CCC5)cn4CCN4CCCC4)CC3)c21. The summed E-state index contributed by atoms with van der Waals surface area (Å²) in [7, 11) is 0. The number of hydrogen-bond acceptors (Lipinski definition) is 6.